The van der Waals surface area contributed by atoms with E-state index in [0.29, 0.717) is 17.4 Å². The Hall–Kier alpha value is -7.60. The van der Waals surface area contributed by atoms with Crippen molar-refractivity contribution in [1.82, 2.24) is 0 Å². The second kappa shape index (κ2) is 14.1. The van der Waals surface area contributed by atoms with E-state index in [-0.39, 0.29) is 0 Å². The topological polar surface area (TPSA) is 63.9 Å². The lowest BCUT2D eigenvalue weighted by Crippen LogP contribution is -2.17. The lowest BCUT2D eigenvalue weighted by molar-refractivity contribution is 0.669. The van der Waals surface area contributed by atoms with Gasteiger partial charge in [-0.2, -0.15) is 0 Å². The molecule has 9 aromatic carbocycles. The number of para-hydroxylation sites is 1. The molecule has 0 bridgehead atoms. The zero-order valence-corrected chi connectivity index (χ0v) is 32.7. The molecule has 0 fully saturated rings. The number of hydrogen-bond donors (Lipinski definition) is 1. The van der Waals surface area contributed by atoms with Crippen LogP contribution in [0.15, 0.2) is 209 Å². The van der Waals surface area contributed by atoms with Crippen molar-refractivity contribution < 1.29 is 4.42 Å². The van der Waals surface area contributed by atoms with Crippen molar-refractivity contribution in [3.05, 3.63) is 211 Å². The minimum Gasteiger partial charge on any atom is -0.456 e. The summed E-state index contributed by atoms with van der Waals surface area (Å²) >= 11 is 1.76. The average molecular weight is 774 g/mol. The minimum absolute atomic E-state index is 0.329. The number of fused-ring (bicyclic) bond motifs is 8. The molecule has 0 amide bonds. The Morgan fingerprint density at radius 3 is 1.93 bits per heavy atom. The van der Waals surface area contributed by atoms with Crippen LogP contribution in [0.2, 0.25) is 0 Å². The Kier molecular flexibility index (Phi) is 8.28. The number of thiophene rings is 1. The van der Waals surface area contributed by atoms with Crippen molar-refractivity contribution in [3.8, 4) is 22.3 Å². The summed E-state index contributed by atoms with van der Waals surface area (Å²) in [7, 11) is 0. The maximum Gasteiger partial charge on any atom is 0.162 e. The molecular formula is C54H35N3OS. The molecule has 0 aliphatic rings. The van der Waals surface area contributed by atoms with Gasteiger partial charge in [0.25, 0.3) is 0 Å². The van der Waals surface area contributed by atoms with Crippen LogP contribution in [-0.4, -0.2) is 11.7 Å². The molecular weight excluding hydrogens is 739 g/mol. The highest BCUT2D eigenvalue weighted by molar-refractivity contribution is 7.25. The fraction of sp³-hybridized carbons (Fsp3) is 0. The highest BCUT2D eigenvalue weighted by Gasteiger charge is 2.19. The molecule has 0 radical (unpaired) electrons. The molecule has 2 heterocycles. The lowest BCUT2D eigenvalue weighted by atomic mass is 9.90. The van der Waals surface area contributed by atoms with Crippen LogP contribution in [0.25, 0.3) is 91.6 Å². The van der Waals surface area contributed by atoms with Crippen LogP contribution in [0.3, 0.4) is 0 Å². The molecule has 0 aliphatic carbocycles. The summed E-state index contributed by atoms with van der Waals surface area (Å²) in [6.45, 7) is 4.46. The Bertz CT molecular complexity index is 3540. The third kappa shape index (κ3) is 6.08. The summed E-state index contributed by atoms with van der Waals surface area (Å²) in [4.78, 5) is 10.4. The third-order valence-corrected chi connectivity index (χ3v) is 12.4. The second-order valence-electron chi connectivity index (χ2n) is 14.8. The number of furan rings is 1. The average Bonchev–Trinajstić information content (AvgIpc) is 3.86. The molecule has 278 valence electrons. The van der Waals surface area contributed by atoms with E-state index in [0.717, 1.165) is 70.6 Å². The highest BCUT2D eigenvalue weighted by Crippen LogP contribution is 2.40. The van der Waals surface area contributed by atoms with Gasteiger partial charge in [0.15, 0.2) is 5.84 Å². The predicted octanol–water partition coefficient (Wildman–Crippen LogP) is 14.4. The maximum atomic E-state index is 7.27. The van der Waals surface area contributed by atoms with Gasteiger partial charge in [-0.1, -0.05) is 158 Å². The molecule has 0 saturated heterocycles. The first-order valence-corrected chi connectivity index (χ1v) is 20.4. The van der Waals surface area contributed by atoms with Gasteiger partial charge < -0.3 is 10.2 Å². The monoisotopic (exact) mass is 773 g/mol. The van der Waals surface area contributed by atoms with Gasteiger partial charge in [0.05, 0.1) is 5.70 Å². The van der Waals surface area contributed by atoms with E-state index < -0.39 is 0 Å². The standard InChI is InChI=1S/C54H35N3OS/c1-33(36-24-23-34-13-5-6-16-37(34)29-36)56-54(38-25-26-45-44-19-10-12-22-50(44)59-51(45)32-38)57-53(55)47-30-39(31-49-52(47)46-20-9-11-21-48(46)58-49)41-28-27-40(35-14-3-2-4-15-35)42-17-7-8-18-43(41)42/h2-32H,1H2,(H2,55,56,57). The molecule has 2 N–H and O–H groups in total. The molecule has 2 aromatic heterocycles. The highest BCUT2D eigenvalue weighted by atomic mass is 32.1. The van der Waals surface area contributed by atoms with E-state index >= 15 is 0 Å². The van der Waals surface area contributed by atoms with E-state index in [1.165, 1.54) is 32.0 Å². The molecule has 0 atom stereocenters. The Morgan fingerprint density at radius 2 is 1.12 bits per heavy atom. The van der Waals surface area contributed by atoms with Gasteiger partial charge in [-0.15, -0.1) is 11.3 Å². The minimum atomic E-state index is 0.329. The zero-order valence-electron chi connectivity index (χ0n) is 31.9. The SMILES string of the molecule is C=C(N=C(N=C(N)c1cc(-c2ccc(-c3ccccc3)c3ccccc23)cc2oc3ccccc3c12)c1ccc2c(c1)sc1ccccc12)c1ccc2ccccc2c1. The van der Waals surface area contributed by atoms with Crippen molar-refractivity contribution in [2.24, 2.45) is 15.7 Å². The third-order valence-electron chi connectivity index (χ3n) is 11.3. The van der Waals surface area contributed by atoms with Crippen molar-refractivity contribution in [1.29, 1.82) is 0 Å². The Balaban J connectivity index is 1.12. The summed E-state index contributed by atoms with van der Waals surface area (Å²) in [6.07, 6.45) is 0. The van der Waals surface area contributed by atoms with Crippen molar-refractivity contribution in [2.75, 3.05) is 0 Å². The maximum absolute atomic E-state index is 7.27. The summed E-state index contributed by atoms with van der Waals surface area (Å²) in [6, 6.07) is 65.4. The van der Waals surface area contributed by atoms with Crippen LogP contribution in [0.5, 0.6) is 0 Å². The zero-order chi connectivity index (χ0) is 39.5. The van der Waals surface area contributed by atoms with Crippen molar-refractivity contribution in [3.63, 3.8) is 0 Å². The van der Waals surface area contributed by atoms with Crippen LogP contribution >= 0.6 is 11.3 Å². The molecule has 0 aliphatic heterocycles. The summed E-state index contributed by atoms with van der Waals surface area (Å²) in [5.41, 5.74) is 16.3. The number of amidine groups is 2. The molecule has 0 spiro atoms. The Morgan fingerprint density at radius 1 is 0.475 bits per heavy atom. The van der Waals surface area contributed by atoms with Gasteiger partial charge in [0.2, 0.25) is 0 Å². The Labute approximate surface area is 344 Å². The molecule has 59 heavy (non-hydrogen) atoms. The van der Waals surface area contributed by atoms with Crippen LogP contribution in [0.4, 0.5) is 0 Å². The van der Waals surface area contributed by atoms with Gasteiger partial charge in [-0.05, 0) is 80.2 Å². The lowest BCUT2D eigenvalue weighted by Gasteiger charge is -2.14. The first-order chi connectivity index (χ1) is 29.1. The number of rotatable bonds is 6. The van der Waals surface area contributed by atoms with E-state index in [4.69, 9.17) is 20.1 Å². The number of nitrogens with zero attached hydrogens (tertiary/aromatic N) is 2. The summed E-state index contributed by atoms with van der Waals surface area (Å²) in [5.74, 6) is 0.805. The van der Waals surface area contributed by atoms with Gasteiger partial charge in [0.1, 0.15) is 17.0 Å². The van der Waals surface area contributed by atoms with E-state index in [1.807, 2.05) is 36.4 Å². The number of aliphatic imine (C=N–C) groups is 2. The number of nitrogens with two attached hydrogens (primary N) is 1. The normalized spacial score (nSPS) is 12.4. The quantitative estimate of drug-likeness (QED) is 0.135. The van der Waals surface area contributed by atoms with Crippen LogP contribution in [-0.2, 0) is 0 Å². The van der Waals surface area contributed by atoms with Crippen molar-refractivity contribution in [2.45, 2.75) is 0 Å². The van der Waals surface area contributed by atoms with Crippen LogP contribution < -0.4 is 5.73 Å². The van der Waals surface area contributed by atoms with Gasteiger partial charge in [-0.25, -0.2) is 9.98 Å². The first-order valence-electron chi connectivity index (χ1n) is 19.6. The molecule has 11 rings (SSSR count). The molecule has 4 nitrogen and oxygen atoms in total. The van der Waals surface area contributed by atoms with Gasteiger partial charge >= 0.3 is 0 Å². The number of benzene rings is 9. The van der Waals surface area contributed by atoms with Crippen LogP contribution in [0, 0.1) is 0 Å². The molecule has 5 heteroatoms. The smallest absolute Gasteiger partial charge is 0.162 e. The van der Waals surface area contributed by atoms with E-state index in [9.17, 15) is 0 Å². The molecule has 0 saturated carbocycles. The second-order valence-corrected chi connectivity index (χ2v) is 15.9. The van der Waals surface area contributed by atoms with Crippen molar-refractivity contribution >= 4 is 92.4 Å². The summed E-state index contributed by atoms with van der Waals surface area (Å²) < 4.78 is 8.97. The predicted molar refractivity (Wildman–Crippen MR) is 252 cm³/mol. The fourth-order valence-electron chi connectivity index (χ4n) is 8.39. The van der Waals surface area contributed by atoms with Crippen LogP contribution in [0.1, 0.15) is 16.7 Å². The van der Waals surface area contributed by atoms with E-state index in [2.05, 4.69) is 158 Å². The molecule has 0 unspecified atom stereocenters. The molecule has 11 aromatic rings. The first kappa shape index (κ1) is 34.6. The number of hydrogen-bond acceptors (Lipinski definition) is 3. The van der Waals surface area contributed by atoms with E-state index in [1.54, 1.807) is 11.3 Å². The fourth-order valence-corrected chi connectivity index (χ4v) is 9.53. The largest absolute Gasteiger partial charge is 0.456 e. The van der Waals surface area contributed by atoms with Gasteiger partial charge in [0, 0.05) is 47.6 Å². The van der Waals surface area contributed by atoms with Gasteiger partial charge in [-0.3, -0.25) is 0 Å². The summed E-state index contributed by atoms with van der Waals surface area (Å²) in [5, 5.41) is 8.89.